The molecule has 1 aliphatic heterocycles. The van der Waals surface area contributed by atoms with E-state index in [2.05, 4.69) is 34.3 Å². The number of nitrogens with one attached hydrogen (secondary N) is 1. The number of hydrogen-bond donors (Lipinski definition) is 1. The Labute approximate surface area is 138 Å². The average Bonchev–Trinajstić information content (AvgIpc) is 2.51. The van der Waals surface area contributed by atoms with Gasteiger partial charge in [-0.15, -0.1) is 0 Å². The molecule has 22 heavy (non-hydrogen) atoms. The second kappa shape index (κ2) is 8.51. The molecule has 1 N–H and O–H groups in total. The lowest BCUT2D eigenvalue weighted by molar-refractivity contribution is -0.121. The Morgan fingerprint density at radius 2 is 1.86 bits per heavy atom. The van der Waals surface area contributed by atoms with Crippen LogP contribution >= 0.6 is 11.6 Å². The standard InChI is InChI=1S/C17H26ClN3O/c1-3-4-17(22)19-13-16(14-5-7-15(18)8-6-14)21-11-9-20(2)10-12-21/h5-8,16H,3-4,9-13H2,1-2H3,(H,19,22)/t16-/m0/s1. The number of carbonyl (C=O) groups excluding carboxylic acids is 1. The van der Waals surface area contributed by atoms with Crippen LogP contribution in [0.3, 0.4) is 0 Å². The fourth-order valence-electron chi connectivity index (χ4n) is 2.80. The van der Waals surface area contributed by atoms with E-state index in [0.29, 0.717) is 13.0 Å². The maximum Gasteiger partial charge on any atom is 0.220 e. The fourth-order valence-corrected chi connectivity index (χ4v) is 2.93. The predicted octanol–water partition coefficient (Wildman–Crippen LogP) is 2.54. The Balaban J connectivity index is 2.06. The van der Waals surface area contributed by atoms with E-state index in [-0.39, 0.29) is 11.9 Å². The summed E-state index contributed by atoms with van der Waals surface area (Å²) in [4.78, 5) is 16.6. The van der Waals surface area contributed by atoms with E-state index < -0.39 is 0 Å². The monoisotopic (exact) mass is 323 g/mol. The molecule has 1 aromatic rings. The van der Waals surface area contributed by atoms with Gasteiger partial charge in [-0.3, -0.25) is 9.69 Å². The zero-order chi connectivity index (χ0) is 15.9. The summed E-state index contributed by atoms with van der Waals surface area (Å²) in [7, 11) is 2.15. The fraction of sp³-hybridized carbons (Fsp3) is 0.588. The molecule has 1 atom stereocenters. The largest absolute Gasteiger partial charge is 0.354 e. The van der Waals surface area contributed by atoms with Gasteiger partial charge in [-0.05, 0) is 31.2 Å². The Kier molecular flexibility index (Phi) is 6.68. The third-order valence-electron chi connectivity index (χ3n) is 4.20. The van der Waals surface area contributed by atoms with Crippen molar-refractivity contribution in [3.63, 3.8) is 0 Å². The Hall–Kier alpha value is -1.10. The average molecular weight is 324 g/mol. The van der Waals surface area contributed by atoms with E-state index in [4.69, 9.17) is 11.6 Å². The van der Waals surface area contributed by atoms with Crippen LogP contribution in [-0.4, -0.2) is 55.5 Å². The van der Waals surface area contributed by atoms with Gasteiger partial charge in [0.05, 0.1) is 6.04 Å². The van der Waals surface area contributed by atoms with Crippen LogP contribution in [0.4, 0.5) is 0 Å². The summed E-state index contributed by atoms with van der Waals surface area (Å²) in [6.45, 7) is 6.85. The number of carbonyl (C=O) groups is 1. The van der Waals surface area contributed by atoms with Gasteiger partial charge in [0.15, 0.2) is 0 Å². The molecule has 0 aromatic heterocycles. The van der Waals surface area contributed by atoms with Gasteiger partial charge in [0.1, 0.15) is 0 Å². The summed E-state index contributed by atoms with van der Waals surface area (Å²) >= 11 is 6.00. The minimum atomic E-state index is 0.135. The normalized spacial score (nSPS) is 18.1. The summed E-state index contributed by atoms with van der Waals surface area (Å²) in [5, 5.41) is 3.82. The first-order valence-electron chi connectivity index (χ1n) is 8.05. The number of likely N-dealkylation sites (N-methyl/N-ethyl adjacent to an activating group) is 1. The van der Waals surface area contributed by atoms with Crippen molar-refractivity contribution in [2.24, 2.45) is 0 Å². The quantitative estimate of drug-likeness (QED) is 0.874. The highest BCUT2D eigenvalue weighted by molar-refractivity contribution is 6.30. The topological polar surface area (TPSA) is 35.6 Å². The van der Waals surface area contributed by atoms with Crippen molar-refractivity contribution in [3.05, 3.63) is 34.9 Å². The summed E-state index contributed by atoms with van der Waals surface area (Å²) in [6.07, 6.45) is 1.47. The molecule has 0 bridgehead atoms. The third kappa shape index (κ3) is 4.97. The molecular formula is C17H26ClN3O. The summed E-state index contributed by atoms with van der Waals surface area (Å²) in [6, 6.07) is 8.20. The molecule has 0 spiro atoms. The minimum Gasteiger partial charge on any atom is -0.354 e. The SMILES string of the molecule is CCCC(=O)NC[C@@H](c1ccc(Cl)cc1)N1CCN(C)CC1. The van der Waals surface area contributed by atoms with Crippen LogP contribution in [0.5, 0.6) is 0 Å². The highest BCUT2D eigenvalue weighted by Crippen LogP contribution is 2.23. The number of amides is 1. The van der Waals surface area contributed by atoms with E-state index in [1.54, 1.807) is 0 Å². The highest BCUT2D eigenvalue weighted by Gasteiger charge is 2.24. The zero-order valence-corrected chi connectivity index (χ0v) is 14.3. The van der Waals surface area contributed by atoms with Crippen LogP contribution in [-0.2, 0) is 4.79 Å². The first-order valence-corrected chi connectivity index (χ1v) is 8.42. The molecule has 0 unspecified atom stereocenters. The predicted molar refractivity (Wildman–Crippen MR) is 91.2 cm³/mol. The van der Waals surface area contributed by atoms with Crippen molar-refractivity contribution in [3.8, 4) is 0 Å². The lowest BCUT2D eigenvalue weighted by Crippen LogP contribution is -2.48. The Morgan fingerprint density at radius 3 is 2.45 bits per heavy atom. The highest BCUT2D eigenvalue weighted by atomic mass is 35.5. The number of piperazine rings is 1. The van der Waals surface area contributed by atoms with Gasteiger partial charge in [0, 0.05) is 44.2 Å². The molecule has 1 fully saturated rings. The second-order valence-electron chi connectivity index (χ2n) is 5.96. The van der Waals surface area contributed by atoms with Crippen molar-refractivity contribution >= 4 is 17.5 Å². The molecule has 1 aromatic carbocycles. The Bertz CT molecular complexity index is 469. The van der Waals surface area contributed by atoms with Crippen LogP contribution < -0.4 is 5.32 Å². The number of rotatable bonds is 6. The number of hydrogen-bond acceptors (Lipinski definition) is 3. The molecule has 0 aliphatic carbocycles. The van der Waals surface area contributed by atoms with Gasteiger partial charge in [-0.25, -0.2) is 0 Å². The summed E-state index contributed by atoms with van der Waals surface area (Å²) < 4.78 is 0. The zero-order valence-electron chi connectivity index (χ0n) is 13.5. The van der Waals surface area contributed by atoms with Gasteiger partial charge < -0.3 is 10.2 Å². The minimum absolute atomic E-state index is 0.135. The van der Waals surface area contributed by atoms with Gasteiger partial charge in [-0.2, -0.15) is 0 Å². The summed E-state index contributed by atoms with van der Waals surface area (Å²) in [5.74, 6) is 0.135. The van der Waals surface area contributed by atoms with Gasteiger partial charge >= 0.3 is 0 Å². The molecule has 1 aliphatic rings. The number of benzene rings is 1. The lowest BCUT2D eigenvalue weighted by Gasteiger charge is -2.38. The first-order chi connectivity index (χ1) is 10.6. The second-order valence-corrected chi connectivity index (χ2v) is 6.40. The van der Waals surface area contributed by atoms with Crippen LogP contribution in [0.2, 0.25) is 5.02 Å². The van der Waals surface area contributed by atoms with Crippen molar-refractivity contribution < 1.29 is 4.79 Å². The first kappa shape index (κ1) is 17.3. The smallest absolute Gasteiger partial charge is 0.220 e. The van der Waals surface area contributed by atoms with Gasteiger partial charge in [-0.1, -0.05) is 30.7 Å². The van der Waals surface area contributed by atoms with Crippen LogP contribution in [0.15, 0.2) is 24.3 Å². The molecule has 5 heteroatoms. The molecular weight excluding hydrogens is 298 g/mol. The Morgan fingerprint density at radius 1 is 1.23 bits per heavy atom. The third-order valence-corrected chi connectivity index (χ3v) is 4.46. The van der Waals surface area contributed by atoms with Gasteiger partial charge in [0.25, 0.3) is 0 Å². The lowest BCUT2D eigenvalue weighted by atomic mass is 10.0. The van der Waals surface area contributed by atoms with Crippen molar-refractivity contribution in [2.75, 3.05) is 39.8 Å². The van der Waals surface area contributed by atoms with Crippen molar-refractivity contribution in [2.45, 2.75) is 25.8 Å². The maximum atomic E-state index is 11.8. The summed E-state index contributed by atoms with van der Waals surface area (Å²) in [5.41, 5.74) is 1.21. The molecule has 0 radical (unpaired) electrons. The van der Waals surface area contributed by atoms with Crippen LogP contribution in [0.25, 0.3) is 0 Å². The number of halogens is 1. The molecule has 1 saturated heterocycles. The molecule has 1 heterocycles. The van der Waals surface area contributed by atoms with Crippen molar-refractivity contribution in [1.29, 1.82) is 0 Å². The van der Waals surface area contributed by atoms with Crippen LogP contribution in [0.1, 0.15) is 31.4 Å². The molecule has 122 valence electrons. The van der Waals surface area contributed by atoms with E-state index in [0.717, 1.165) is 37.6 Å². The maximum absolute atomic E-state index is 11.8. The van der Waals surface area contributed by atoms with E-state index in [9.17, 15) is 4.79 Å². The van der Waals surface area contributed by atoms with Crippen molar-refractivity contribution in [1.82, 2.24) is 15.1 Å². The molecule has 0 saturated carbocycles. The number of nitrogens with zero attached hydrogens (tertiary/aromatic N) is 2. The van der Waals surface area contributed by atoms with E-state index in [1.165, 1.54) is 5.56 Å². The molecule has 1 amide bonds. The van der Waals surface area contributed by atoms with Crippen LogP contribution in [0, 0.1) is 0 Å². The van der Waals surface area contributed by atoms with Gasteiger partial charge in [0.2, 0.25) is 5.91 Å². The van der Waals surface area contributed by atoms with E-state index >= 15 is 0 Å². The molecule has 4 nitrogen and oxygen atoms in total. The molecule has 2 rings (SSSR count). The van der Waals surface area contributed by atoms with E-state index in [1.807, 2.05) is 19.1 Å².